The van der Waals surface area contributed by atoms with Crippen LogP contribution in [-0.4, -0.2) is 15.0 Å². The second-order valence-corrected chi connectivity index (χ2v) is 7.00. The molecule has 0 aromatic heterocycles. The molecule has 0 saturated carbocycles. The van der Waals surface area contributed by atoms with E-state index in [-0.39, 0.29) is 4.90 Å². The summed E-state index contributed by atoms with van der Waals surface area (Å²) in [6, 6.07) is 12.6. The van der Waals surface area contributed by atoms with Gasteiger partial charge in [0.15, 0.2) is 0 Å². The normalized spacial score (nSPS) is 14.1. The fourth-order valence-corrected chi connectivity index (χ4v) is 3.53. The van der Waals surface area contributed by atoms with Gasteiger partial charge in [-0.3, -0.25) is 4.72 Å². The molecule has 2 N–H and O–H groups in total. The highest BCUT2D eigenvalue weighted by Gasteiger charge is 2.17. The van der Waals surface area contributed by atoms with Gasteiger partial charge in [0.2, 0.25) is 0 Å². The van der Waals surface area contributed by atoms with Gasteiger partial charge in [-0.2, -0.15) is 0 Å². The number of fused-ring (bicyclic) bond motifs is 1. The number of nitrogens with one attached hydrogen (secondary N) is 2. The van der Waals surface area contributed by atoms with Crippen molar-refractivity contribution < 1.29 is 8.42 Å². The molecule has 1 aliphatic heterocycles. The summed E-state index contributed by atoms with van der Waals surface area (Å²) in [5.74, 6) is 0. The topological polar surface area (TPSA) is 58.2 Å². The van der Waals surface area contributed by atoms with Crippen LogP contribution in [0.4, 0.5) is 11.4 Å². The third-order valence-electron chi connectivity index (χ3n) is 3.63. The number of anilines is 2. The van der Waals surface area contributed by atoms with Gasteiger partial charge in [0.1, 0.15) is 0 Å². The van der Waals surface area contributed by atoms with Crippen molar-refractivity contribution in [1.29, 1.82) is 0 Å². The highest BCUT2D eigenvalue weighted by molar-refractivity contribution is 7.92. The van der Waals surface area contributed by atoms with Gasteiger partial charge in [0.25, 0.3) is 10.0 Å². The van der Waals surface area contributed by atoms with Crippen LogP contribution in [0.2, 0.25) is 0 Å². The first-order valence-corrected chi connectivity index (χ1v) is 8.49. The van der Waals surface area contributed by atoms with E-state index >= 15 is 0 Å². The van der Waals surface area contributed by atoms with Gasteiger partial charge in [-0.25, -0.2) is 8.42 Å². The average Bonchev–Trinajstić information content (AvgIpc) is 2.49. The number of rotatable bonds is 3. The Morgan fingerprint density at radius 3 is 2.62 bits per heavy atom. The molecule has 0 fully saturated rings. The van der Waals surface area contributed by atoms with Crippen LogP contribution in [0.5, 0.6) is 0 Å². The predicted octanol–water partition coefficient (Wildman–Crippen LogP) is 3.15. The van der Waals surface area contributed by atoms with Crippen molar-refractivity contribution in [1.82, 2.24) is 0 Å². The SMILES string of the molecule is Cc1ccc(NS(=O)(=O)c2ccc3c(c2)NCCC3)cc1. The average molecular weight is 302 g/mol. The summed E-state index contributed by atoms with van der Waals surface area (Å²) < 4.78 is 27.5. The lowest BCUT2D eigenvalue weighted by molar-refractivity contribution is 0.601. The molecule has 2 aromatic rings. The molecular formula is C16H18N2O2S. The van der Waals surface area contributed by atoms with Gasteiger partial charge in [0.05, 0.1) is 4.90 Å². The predicted molar refractivity (Wildman–Crippen MR) is 85.2 cm³/mol. The number of sulfonamides is 1. The summed E-state index contributed by atoms with van der Waals surface area (Å²) in [5, 5.41) is 3.25. The van der Waals surface area contributed by atoms with Crippen LogP contribution >= 0.6 is 0 Å². The Labute approximate surface area is 125 Å². The highest BCUT2D eigenvalue weighted by atomic mass is 32.2. The first kappa shape index (κ1) is 13.9. The van der Waals surface area contributed by atoms with Crippen molar-refractivity contribution >= 4 is 21.4 Å². The molecule has 0 spiro atoms. The van der Waals surface area contributed by atoms with E-state index < -0.39 is 10.0 Å². The van der Waals surface area contributed by atoms with Gasteiger partial charge in [-0.15, -0.1) is 0 Å². The Morgan fingerprint density at radius 2 is 1.86 bits per heavy atom. The van der Waals surface area contributed by atoms with Crippen molar-refractivity contribution in [2.24, 2.45) is 0 Å². The minimum absolute atomic E-state index is 0.288. The van der Waals surface area contributed by atoms with E-state index in [2.05, 4.69) is 10.0 Å². The summed E-state index contributed by atoms with van der Waals surface area (Å²) in [6.45, 7) is 2.86. The summed E-state index contributed by atoms with van der Waals surface area (Å²) in [6.07, 6.45) is 2.08. The van der Waals surface area contributed by atoms with Crippen LogP contribution in [0, 0.1) is 6.92 Å². The lowest BCUT2D eigenvalue weighted by Gasteiger charge is -2.19. The molecule has 0 saturated heterocycles. The number of benzene rings is 2. The summed E-state index contributed by atoms with van der Waals surface area (Å²) in [7, 11) is -3.55. The Kier molecular flexibility index (Phi) is 3.59. The molecular weight excluding hydrogens is 284 g/mol. The van der Waals surface area contributed by atoms with Crippen LogP contribution in [0.3, 0.4) is 0 Å². The molecule has 21 heavy (non-hydrogen) atoms. The largest absolute Gasteiger partial charge is 0.385 e. The van der Waals surface area contributed by atoms with Gasteiger partial charge >= 0.3 is 0 Å². The van der Waals surface area contributed by atoms with E-state index in [4.69, 9.17) is 0 Å². The molecule has 3 rings (SSSR count). The zero-order chi connectivity index (χ0) is 14.9. The van der Waals surface area contributed by atoms with Crippen molar-refractivity contribution in [2.75, 3.05) is 16.6 Å². The van der Waals surface area contributed by atoms with E-state index in [9.17, 15) is 8.42 Å². The fraction of sp³-hybridized carbons (Fsp3) is 0.250. The molecule has 5 heteroatoms. The molecule has 0 aliphatic carbocycles. The van der Waals surface area contributed by atoms with Gasteiger partial charge in [-0.05, 0) is 49.6 Å². The van der Waals surface area contributed by atoms with Crippen LogP contribution in [0.25, 0.3) is 0 Å². The monoisotopic (exact) mass is 302 g/mol. The third-order valence-corrected chi connectivity index (χ3v) is 5.01. The first-order valence-electron chi connectivity index (χ1n) is 7.01. The third kappa shape index (κ3) is 3.03. The molecule has 0 unspecified atom stereocenters. The second kappa shape index (κ2) is 5.41. The lowest BCUT2D eigenvalue weighted by Crippen LogP contribution is -2.16. The number of aryl methyl sites for hydroxylation is 2. The minimum atomic E-state index is -3.55. The van der Waals surface area contributed by atoms with E-state index in [1.807, 2.05) is 25.1 Å². The Hall–Kier alpha value is -2.01. The van der Waals surface area contributed by atoms with Crippen LogP contribution < -0.4 is 10.0 Å². The molecule has 110 valence electrons. The summed E-state index contributed by atoms with van der Waals surface area (Å²) in [5.41, 5.74) is 3.77. The van der Waals surface area contributed by atoms with Crippen LogP contribution in [-0.2, 0) is 16.4 Å². The van der Waals surface area contributed by atoms with Crippen molar-refractivity contribution in [2.45, 2.75) is 24.7 Å². The van der Waals surface area contributed by atoms with E-state index in [0.29, 0.717) is 5.69 Å². The molecule has 0 radical (unpaired) electrons. The molecule has 0 bridgehead atoms. The Bertz CT molecular complexity index is 752. The quantitative estimate of drug-likeness (QED) is 0.915. The highest BCUT2D eigenvalue weighted by Crippen LogP contribution is 2.26. The summed E-state index contributed by atoms with van der Waals surface area (Å²) >= 11 is 0. The number of hydrogen-bond acceptors (Lipinski definition) is 3. The molecule has 0 atom stereocenters. The fourth-order valence-electron chi connectivity index (χ4n) is 2.44. The maximum atomic E-state index is 12.4. The van der Waals surface area contributed by atoms with E-state index in [1.165, 1.54) is 5.56 Å². The zero-order valence-electron chi connectivity index (χ0n) is 11.9. The van der Waals surface area contributed by atoms with Crippen LogP contribution in [0.1, 0.15) is 17.5 Å². The minimum Gasteiger partial charge on any atom is -0.385 e. The maximum Gasteiger partial charge on any atom is 0.261 e. The zero-order valence-corrected chi connectivity index (χ0v) is 12.7. The molecule has 1 aliphatic rings. The molecule has 2 aromatic carbocycles. The van der Waals surface area contributed by atoms with E-state index in [0.717, 1.165) is 30.6 Å². The summed E-state index contributed by atoms with van der Waals surface area (Å²) in [4.78, 5) is 0.288. The lowest BCUT2D eigenvalue weighted by atomic mass is 10.0. The Morgan fingerprint density at radius 1 is 1.10 bits per heavy atom. The smallest absolute Gasteiger partial charge is 0.261 e. The van der Waals surface area contributed by atoms with Gasteiger partial charge in [0, 0.05) is 17.9 Å². The van der Waals surface area contributed by atoms with Gasteiger partial charge in [-0.1, -0.05) is 23.8 Å². The standard InChI is InChI=1S/C16H18N2O2S/c1-12-4-7-14(8-5-12)18-21(19,20)15-9-6-13-3-2-10-17-16(13)11-15/h4-9,11,17-18H,2-3,10H2,1H3. The maximum absolute atomic E-state index is 12.4. The molecule has 4 nitrogen and oxygen atoms in total. The second-order valence-electron chi connectivity index (χ2n) is 5.32. The molecule has 0 amide bonds. The molecule has 1 heterocycles. The Balaban J connectivity index is 1.89. The van der Waals surface area contributed by atoms with Crippen LogP contribution in [0.15, 0.2) is 47.4 Å². The van der Waals surface area contributed by atoms with E-state index in [1.54, 1.807) is 24.3 Å². The van der Waals surface area contributed by atoms with Crippen molar-refractivity contribution in [3.8, 4) is 0 Å². The van der Waals surface area contributed by atoms with Crippen molar-refractivity contribution in [3.05, 3.63) is 53.6 Å². The first-order chi connectivity index (χ1) is 10.0. The number of hydrogen-bond donors (Lipinski definition) is 2. The van der Waals surface area contributed by atoms with Gasteiger partial charge < -0.3 is 5.32 Å². The van der Waals surface area contributed by atoms with Crippen molar-refractivity contribution in [3.63, 3.8) is 0 Å².